The molecule has 1 aliphatic rings. The molecule has 35 heavy (non-hydrogen) atoms. The van der Waals surface area contributed by atoms with Crippen LogP contribution in [-0.2, 0) is 11.2 Å². The molecule has 0 aliphatic carbocycles. The van der Waals surface area contributed by atoms with E-state index in [0.717, 1.165) is 44.3 Å². The van der Waals surface area contributed by atoms with Gasteiger partial charge in [-0.05, 0) is 105 Å². The number of halogens is 1. The number of nitrogens with zero attached hydrogens (tertiary/aromatic N) is 2. The van der Waals surface area contributed by atoms with E-state index in [1.54, 1.807) is 24.6 Å². The number of piperidine rings is 1. The van der Waals surface area contributed by atoms with Crippen LogP contribution in [0, 0.1) is 5.41 Å². The Morgan fingerprint density at radius 2 is 2.09 bits per heavy atom. The number of aliphatic hydroxyl groups is 1. The van der Waals surface area contributed by atoms with Crippen molar-refractivity contribution in [3.05, 3.63) is 57.4 Å². The summed E-state index contributed by atoms with van der Waals surface area (Å²) >= 11 is 8.17. The van der Waals surface area contributed by atoms with Crippen LogP contribution in [0.15, 0.2) is 41.2 Å². The predicted octanol–water partition coefficient (Wildman–Crippen LogP) is 5.96. The van der Waals surface area contributed by atoms with Gasteiger partial charge in [0.25, 0.3) is 0 Å². The quantitative estimate of drug-likeness (QED) is 0.306. The van der Waals surface area contributed by atoms with Crippen molar-refractivity contribution >= 4 is 39.8 Å². The van der Waals surface area contributed by atoms with Gasteiger partial charge in [0.05, 0.1) is 29.2 Å². The molecule has 0 radical (unpaired) electrons. The van der Waals surface area contributed by atoms with E-state index in [1.807, 2.05) is 18.2 Å². The number of unbranched alkanes of at least 4 members (excludes halogenated alkanes) is 1. The molecular formula is C27H33ClN2O4S. The first-order chi connectivity index (χ1) is 16.9. The predicted molar refractivity (Wildman–Crippen MR) is 140 cm³/mol. The molecule has 2 N–H and O–H groups in total. The number of benzene rings is 1. The molecule has 0 spiro atoms. The van der Waals surface area contributed by atoms with E-state index in [1.165, 1.54) is 5.56 Å². The van der Waals surface area contributed by atoms with Gasteiger partial charge in [-0.25, -0.2) is 0 Å². The smallest absolute Gasteiger partial charge is 0.309 e. The lowest BCUT2D eigenvalue weighted by atomic mass is 9.74. The largest absolute Gasteiger partial charge is 0.497 e. The number of likely N-dealkylation sites (tertiary alicyclic amines) is 1. The Hall–Kier alpha value is -2.19. The number of rotatable bonds is 11. The SMILES string of the molecule is COc1ccc2ncc(Cl)c([C@@H](O)CCC3(C(=O)O)CCN(CCCCc4ccsc4)CC3)c2c1. The number of fused-ring (bicyclic) bond motifs is 1. The molecule has 1 atom stereocenters. The highest BCUT2D eigenvalue weighted by Gasteiger charge is 2.41. The zero-order valence-electron chi connectivity index (χ0n) is 20.1. The van der Waals surface area contributed by atoms with Crippen molar-refractivity contribution in [1.29, 1.82) is 0 Å². The number of aryl methyl sites for hydroxylation is 1. The van der Waals surface area contributed by atoms with E-state index >= 15 is 0 Å². The average Bonchev–Trinajstić information content (AvgIpc) is 3.39. The van der Waals surface area contributed by atoms with Gasteiger partial charge in [0, 0.05) is 17.1 Å². The van der Waals surface area contributed by atoms with Gasteiger partial charge in [-0.3, -0.25) is 9.78 Å². The van der Waals surface area contributed by atoms with Crippen LogP contribution in [0.1, 0.15) is 55.8 Å². The summed E-state index contributed by atoms with van der Waals surface area (Å²) in [5.74, 6) is -0.117. The molecule has 1 fully saturated rings. The van der Waals surface area contributed by atoms with Crippen molar-refractivity contribution in [3.8, 4) is 5.75 Å². The van der Waals surface area contributed by atoms with Crippen LogP contribution in [0.4, 0.5) is 0 Å². The van der Waals surface area contributed by atoms with Gasteiger partial charge in [0.2, 0.25) is 0 Å². The fraction of sp³-hybridized carbons (Fsp3) is 0.481. The maximum Gasteiger partial charge on any atom is 0.309 e. The normalized spacial score (nSPS) is 16.9. The maximum absolute atomic E-state index is 12.3. The third-order valence-electron chi connectivity index (χ3n) is 7.33. The number of hydrogen-bond donors (Lipinski definition) is 2. The molecule has 0 unspecified atom stereocenters. The topological polar surface area (TPSA) is 82.9 Å². The lowest BCUT2D eigenvalue weighted by molar-refractivity contribution is -0.153. The number of hydrogen-bond acceptors (Lipinski definition) is 6. The molecule has 6 nitrogen and oxygen atoms in total. The van der Waals surface area contributed by atoms with E-state index in [2.05, 4.69) is 26.7 Å². The van der Waals surface area contributed by atoms with Gasteiger partial charge in [0.1, 0.15) is 5.75 Å². The van der Waals surface area contributed by atoms with E-state index < -0.39 is 17.5 Å². The second-order valence-electron chi connectivity index (χ2n) is 9.47. The standard InChI is InChI=1S/C27H33ClN2O4S/c1-34-20-5-6-23-21(16-20)25(22(28)17-29-23)24(31)7-9-27(26(32)33)10-13-30(14-11-27)12-3-2-4-19-8-15-35-18-19/h5-6,8,15-18,24,31H,2-4,7,9-14H2,1H3,(H,32,33)/t24-/m0/s1. The lowest BCUT2D eigenvalue weighted by Crippen LogP contribution is -2.44. The van der Waals surface area contributed by atoms with Crippen LogP contribution < -0.4 is 4.74 Å². The Bertz CT molecular complexity index is 1130. The van der Waals surface area contributed by atoms with Gasteiger partial charge >= 0.3 is 5.97 Å². The third kappa shape index (κ3) is 6.15. The Labute approximate surface area is 215 Å². The van der Waals surface area contributed by atoms with Crippen LogP contribution in [0.2, 0.25) is 5.02 Å². The summed E-state index contributed by atoms with van der Waals surface area (Å²) in [5.41, 5.74) is 1.88. The second kappa shape index (κ2) is 11.7. The van der Waals surface area contributed by atoms with Crippen LogP contribution in [0.3, 0.4) is 0 Å². The first-order valence-corrected chi connectivity index (χ1v) is 13.5. The first-order valence-electron chi connectivity index (χ1n) is 12.2. The summed E-state index contributed by atoms with van der Waals surface area (Å²) in [6, 6.07) is 7.64. The minimum absolute atomic E-state index is 0.322. The molecule has 4 rings (SSSR count). The van der Waals surface area contributed by atoms with E-state index in [-0.39, 0.29) is 0 Å². The fourth-order valence-electron chi connectivity index (χ4n) is 5.07. The molecule has 1 saturated heterocycles. The Balaban J connectivity index is 1.35. The number of pyridine rings is 1. The Morgan fingerprint density at radius 1 is 1.29 bits per heavy atom. The molecule has 1 aromatic carbocycles. The molecular weight excluding hydrogens is 484 g/mol. The summed E-state index contributed by atoms with van der Waals surface area (Å²) in [6.07, 6.45) is 5.94. The van der Waals surface area contributed by atoms with Gasteiger partial charge in [-0.1, -0.05) is 11.6 Å². The number of thiophene rings is 1. The minimum atomic E-state index is -0.883. The molecule has 0 amide bonds. The number of methoxy groups -OCH3 is 1. The van der Waals surface area contributed by atoms with Gasteiger partial charge < -0.3 is 19.8 Å². The number of carboxylic acids is 1. The number of aromatic nitrogens is 1. The Morgan fingerprint density at radius 3 is 2.77 bits per heavy atom. The highest BCUT2D eigenvalue weighted by atomic mass is 35.5. The van der Waals surface area contributed by atoms with Crippen molar-refractivity contribution in [2.24, 2.45) is 5.41 Å². The number of aliphatic hydroxyl groups excluding tert-OH is 1. The van der Waals surface area contributed by atoms with Gasteiger partial charge in [-0.2, -0.15) is 11.3 Å². The number of carbonyl (C=O) groups is 1. The average molecular weight is 517 g/mol. The highest BCUT2D eigenvalue weighted by Crippen LogP contribution is 2.41. The molecule has 2 aromatic heterocycles. The second-order valence-corrected chi connectivity index (χ2v) is 10.7. The number of aliphatic carboxylic acids is 1. The summed E-state index contributed by atoms with van der Waals surface area (Å²) in [6.45, 7) is 2.55. The summed E-state index contributed by atoms with van der Waals surface area (Å²) < 4.78 is 5.33. The number of carboxylic acid groups (broad SMARTS) is 1. The van der Waals surface area contributed by atoms with Crippen LogP contribution in [-0.4, -0.2) is 52.8 Å². The molecule has 3 heterocycles. The van der Waals surface area contributed by atoms with Crippen molar-refractivity contribution in [1.82, 2.24) is 9.88 Å². The minimum Gasteiger partial charge on any atom is -0.497 e. The fourth-order valence-corrected chi connectivity index (χ4v) is 6.05. The summed E-state index contributed by atoms with van der Waals surface area (Å²) in [7, 11) is 1.59. The lowest BCUT2D eigenvalue weighted by Gasteiger charge is -2.39. The molecule has 0 bridgehead atoms. The summed E-state index contributed by atoms with van der Waals surface area (Å²) in [4.78, 5) is 19.1. The van der Waals surface area contributed by atoms with Crippen molar-refractivity contribution in [2.75, 3.05) is 26.7 Å². The van der Waals surface area contributed by atoms with E-state index in [9.17, 15) is 15.0 Å². The molecule has 0 saturated carbocycles. The van der Waals surface area contributed by atoms with Gasteiger partial charge in [-0.15, -0.1) is 0 Å². The molecule has 188 valence electrons. The van der Waals surface area contributed by atoms with Gasteiger partial charge in [0.15, 0.2) is 0 Å². The van der Waals surface area contributed by atoms with Crippen molar-refractivity contribution in [2.45, 2.75) is 51.0 Å². The summed E-state index contributed by atoms with van der Waals surface area (Å²) in [5, 5.41) is 26.7. The van der Waals surface area contributed by atoms with E-state index in [0.29, 0.717) is 47.5 Å². The molecule has 3 aromatic rings. The van der Waals surface area contributed by atoms with Crippen LogP contribution in [0.25, 0.3) is 10.9 Å². The maximum atomic E-state index is 12.3. The van der Waals surface area contributed by atoms with E-state index in [4.69, 9.17) is 16.3 Å². The zero-order valence-corrected chi connectivity index (χ0v) is 21.7. The number of ether oxygens (including phenoxy) is 1. The first kappa shape index (κ1) is 25.9. The Kier molecular flexibility index (Phi) is 8.65. The van der Waals surface area contributed by atoms with Crippen molar-refractivity contribution < 1.29 is 19.7 Å². The third-order valence-corrected chi connectivity index (χ3v) is 8.37. The monoisotopic (exact) mass is 516 g/mol. The zero-order chi connectivity index (χ0) is 24.8. The highest BCUT2D eigenvalue weighted by molar-refractivity contribution is 7.07. The van der Waals surface area contributed by atoms with Crippen LogP contribution >= 0.6 is 22.9 Å². The molecule has 1 aliphatic heterocycles. The van der Waals surface area contributed by atoms with Crippen molar-refractivity contribution in [3.63, 3.8) is 0 Å². The molecule has 8 heteroatoms. The van der Waals surface area contributed by atoms with Crippen LogP contribution in [0.5, 0.6) is 5.75 Å².